The number of nitrogens with two attached hydrogens (primary N) is 1. The molecule has 2 rings (SSSR count). The monoisotopic (exact) mass is 356 g/mol. The Morgan fingerprint density at radius 1 is 1.46 bits per heavy atom. The number of piperidine rings is 1. The third-order valence-electron chi connectivity index (χ3n) is 4.34. The van der Waals surface area contributed by atoms with Crippen LogP contribution in [0.1, 0.15) is 26.2 Å². The number of benzene rings is 1. The van der Waals surface area contributed by atoms with E-state index in [-0.39, 0.29) is 42.6 Å². The van der Waals surface area contributed by atoms with Gasteiger partial charge < -0.3 is 15.5 Å². The molecule has 1 aromatic carbocycles. The minimum Gasteiger partial charge on any atom is -0.360 e. The summed E-state index contributed by atoms with van der Waals surface area (Å²) in [7, 11) is 1.70. The van der Waals surface area contributed by atoms with Gasteiger partial charge in [-0.25, -0.2) is 0 Å². The zero-order valence-electron chi connectivity index (χ0n) is 14.1. The maximum absolute atomic E-state index is 12.6. The lowest BCUT2D eigenvalue weighted by molar-refractivity contribution is -0.384. The zero-order valence-corrected chi connectivity index (χ0v) is 14.9. The van der Waals surface area contributed by atoms with Crippen LogP contribution in [0, 0.1) is 10.1 Å². The topological polar surface area (TPSA) is 92.7 Å². The third-order valence-corrected chi connectivity index (χ3v) is 4.34. The number of nitrogens with zero attached hydrogens (tertiary/aromatic N) is 3. The Morgan fingerprint density at radius 2 is 2.12 bits per heavy atom. The number of nitro groups is 1. The molecule has 24 heavy (non-hydrogen) atoms. The summed E-state index contributed by atoms with van der Waals surface area (Å²) in [5.41, 5.74) is 6.45. The van der Waals surface area contributed by atoms with Crippen molar-refractivity contribution in [3.63, 3.8) is 0 Å². The van der Waals surface area contributed by atoms with E-state index in [1.807, 2.05) is 11.8 Å². The summed E-state index contributed by atoms with van der Waals surface area (Å²) in [6.07, 6.45) is 2.97. The summed E-state index contributed by atoms with van der Waals surface area (Å²) in [5.74, 6) is -0.0346. The van der Waals surface area contributed by atoms with Gasteiger partial charge >= 0.3 is 0 Å². The van der Waals surface area contributed by atoms with Crippen molar-refractivity contribution in [1.82, 2.24) is 4.90 Å². The molecule has 8 heteroatoms. The van der Waals surface area contributed by atoms with Gasteiger partial charge in [-0.05, 0) is 32.3 Å². The van der Waals surface area contributed by atoms with Crippen molar-refractivity contribution in [2.24, 2.45) is 5.73 Å². The minimum atomic E-state index is -0.429. The fourth-order valence-electron chi connectivity index (χ4n) is 3.13. The minimum absolute atomic E-state index is 0. The van der Waals surface area contributed by atoms with Crippen molar-refractivity contribution in [2.45, 2.75) is 38.3 Å². The molecule has 2 unspecified atom stereocenters. The number of amides is 1. The molecule has 0 saturated carbocycles. The normalized spacial score (nSPS) is 18.5. The molecule has 1 saturated heterocycles. The fraction of sp³-hybridized carbons (Fsp3) is 0.562. The van der Waals surface area contributed by atoms with Crippen LogP contribution in [-0.4, -0.2) is 48.0 Å². The maximum atomic E-state index is 12.6. The number of nitro benzene ring substituents is 1. The van der Waals surface area contributed by atoms with Crippen molar-refractivity contribution in [1.29, 1.82) is 0 Å². The molecule has 0 radical (unpaired) electrons. The first-order valence-electron chi connectivity index (χ1n) is 7.91. The van der Waals surface area contributed by atoms with Gasteiger partial charge in [0.25, 0.3) is 5.69 Å². The van der Waals surface area contributed by atoms with Crippen molar-refractivity contribution >= 4 is 29.7 Å². The van der Waals surface area contributed by atoms with E-state index < -0.39 is 4.92 Å². The second-order valence-electron chi connectivity index (χ2n) is 6.11. The first-order valence-corrected chi connectivity index (χ1v) is 7.91. The van der Waals surface area contributed by atoms with Crippen LogP contribution in [0.3, 0.4) is 0 Å². The second kappa shape index (κ2) is 8.84. The highest BCUT2D eigenvalue weighted by atomic mass is 35.5. The number of rotatable bonds is 5. The fourth-order valence-corrected chi connectivity index (χ4v) is 3.13. The number of likely N-dealkylation sites (tertiary alicyclic amines) is 1. The molecule has 2 N–H and O–H groups in total. The molecule has 2 atom stereocenters. The van der Waals surface area contributed by atoms with Gasteiger partial charge in [-0.3, -0.25) is 14.9 Å². The lowest BCUT2D eigenvalue weighted by atomic mass is 9.97. The molecule has 7 nitrogen and oxygen atoms in total. The number of hydrogen-bond acceptors (Lipinski definition) is 5. The standard InChI is InChI=1S/C16H24N4O3.ClH/c1-12(17)13-7-5-6-10-19(13)16(21)11-18(2)14-8-3-4-9-15(14)20(22)23;/h3-4,8-9,12-13H,5-7,10-11,17H2,1-2H3;1H. The molecule has 134 valence electrons. The first kappa shape index (κ1) is 20.2. The predicted octanol–water partition coefficient (Wildman–Crippen LogP) is 2.18. The quantitative estimate of drug-likeness (QED) is 0.644. The van der Waals surface area contributed by atoms with Gasteiger partial charge in [0.2, 0.25) is 5.91 Å². The SMILES string of the molecule is CC(N)C1CCCCN1C(=O)CN(C)c1ccccc1[N+](=O)[O-].Cl. The molecule has 0 bridgehead atoms. The highest BCUT2D eigenvalue weighted by molar-refractivity contribution is 5.85. The number of carbonyl (C=O) groups excluding carboxylic acids is 1. The van der Waals surface area contributed by atoms with Crippen LogP contribution in [0.25, 0.3) is 0 Å². The highest BCUT2D eigenvalue weighted by Gasteiger charge is 2.30. The predicted molar refractivity (Wildman–Crippen MR) is 96.6 cm³/mol. The number of halogens is 1. The summed E-state index contributed by atoms with van der Waals surface area (Å²) in [6, 6.07) is 6.43. The van der Waals surface area contributed by atoms with Crippen LogP contribution >= 0.6 is 12.4 Å². The first-order chi connectivity index (χ1) is 10.9. The lowest BCUT2D eigenvalue weighted by Gasteiger charge is -2.39. The Hall–Kier alpha value is -1.86. The average molecular weight is 357 g/mol. The van der Waals surface area contributed by atoms with Crippen molar-refractivity contribution in [2.75, 3.05) is 25.0 Å². The molecular weight excluding hydrogens is 332 g/mol. The molecular formula is C16H25ClN4O3. The molecule has 0 aliphatic carbocycles. The maximum Gasteiger partial charge on any atom is 0.292 e. The van der Waals surface area contributed by atoms with E-state index in [0.717, 1.165) is 19.3 Å². The van der Waals surface area contributed by atoms with E-state index in [2.05, 4.69) is 0 Å². The largest absolute Gasteiger partial charge is 0.360 e. The Balaban J connectivity index is 0.00000288. The summed E-state index contributed by atoms with van der Waals surface area (Å²) in [4.78, 5) is 26.8. The van der Waals surface area contributed by atoms with Gasteiger partial charge in [0, 0.05) is 31.7 Å². The second-order valence-corrected chi connectivity index (χ2v) is 6.11. The summed E-state index contributed by atoms with van der Waals surface area (Å²) >= 11 is 0. The Morgan fingerprint density at radius 3 is 2.75 bits per heavy atom. The Labute approximate surface area is 148 Å². The van der Waals surface area contributed by atoms with Crippen molar-refractivity contribution < 1.29 is 9.72 Å². The molecule has 1 aliphatic rings. The van der Waals surface area contributed by atoms with Gasteiger partial charge in [0.15, 0.2) is 0 Å². The van der Waals surface area contributed by atoms with Crippen LogP contribution in [0.5, 0.6) is 0 Å². The van der Waals surface area contributed by atoms with Crippen LogP contribution in [-0.2, 0) is 4.79 Å². The van der Waals surface area contributed by atoms with Gasteiger partial charge in [-0.2, -0.15) is 0 Å². The summed E-state index contributed by atoms with van der Waals surface area (Å²) < 4.78 is 0. The lowest BCUT2D eigenvalue weighted by Crippen LogP contribution is -2.53. The van der Waals surface area contributed by atoms with Crippen LogP contribution in [0.2, 0.25) is 0 Å². The van der Waals surface area contributed by atoms with Gasteiger partial charge in [0.1, 0.15) is 5.69 Å². The summed E-state index contributed by atoms with van der Waals surface area (Å²) in [6.45, 7) is 2.73. The Kier molecular flexibility index (Phi) is 7.44. The molecule has 0 aromatic heterocycles. The van der Waals surface area contributed by atoms with E-state index >= 15 is 0 Å². The van der Waals surface area contributed by atoms with Crippen LogP contribution in [0.4, 0.5) is 11.4 Å². The molecule has 1 heterocycles. The number of carbonyl (C=O) groups is 1. The smallest absolute Gasteiger partial charge is 0.292 e. The number of para-hydroxylation sites is 2. The van der Waals surface area contributed by atoms with Gasteiger partial charge in [-0.1, -0.05) is 12.1 Å². The van der Waals surface area contributed by atoms with Crippen molar-refractivity contribution in [3.8, 4) is 0 Å². The number of likely N-dealkylation sites (N-methyl/N-ethyl adjacent to an activating group) is 1. The average Bonchev–Trinajstić information content (AvgIpc) is 2.54. The van der Waals surface area contributed by atoms with E-state index in [1.54, 1.807) is 30.1 Å². The number of hydrogen-bond donors (Lipinski definition) is 1. The zero-order chi connectivity index (χ0) is 17.0. The van der Waals surface area contributed by atoms with Crippen LogP contribution in [0.15, 0.2) is 24.3 Å². The molecule has 1 aromatic rings. The molecule has 1 aliphatic heterocycles. The highest BCUT2D eigenvalue weighted by Crippen LogP contribution is 2.27. The third kappa shape index (κ3) is 4.58. The van der Waals surface area contributed by atoms with Crippen molar-refractivity contribution in [3.05, 3.63) is 34.4 Å². The van der Waals surface area contributed by atoms with E-state index in [0.29, 0.717) is 12.2 Å². The van der Waals surface area contributed by atoms with E-state index in [1.165, 1.54) is 6.07 Å². The van der Waals surface area contributed by atoms with Crippen LogP contribution < -0.4 is 10.6 Å². The van der Waals surface area contributed by atoms with Gasteiger partial charge in [-0.15, -0.1) is 12.4 Å². The number of anilines is 1. The molecule has 1 amide bonds. The van der Waals surface area contributed by atoms with Gasteiger partial charge in [0.05, 0.1) is 11.5 Å². The molecule has 1 fully saturated rings. The molecule has 0 spiro atoms. The Bertz CT molecular complexity index is 582. The van der Waals surface area contributed by atoms with E-state index in [9.17, 15) is 14.9 Å². The summed E-state index contributed by atoms with van der Waals surface area (Å²) in [5, 5.41) is 11.1. The van der Waals surface area contributed by atoms with E-state index in [4.69, 9.17) is 5.73 Å².